The Labute approximate surface area is 151 Å². The molecule has 142 valence electrons. The first-order chi connectivity index (χ1) is 11.3. The highest BCUT2D eigenvalue weighted by molar-refractivity contribution is 4.99. The summed E-state index contributed by atoms with van der Waals surface area (Å²) < 4.78 is 0. The standard InChI is InChI=1S/C22H44N2/c1-7-16-12-18(10-14(4)20(16)23)22(6,9-3)19-11-15(5)21(24)17(8-2)13-19/h14-21H,7-13,23-24H2,1-6H3. The van der Waals surface area contributed by atoms with Crippen LogP contribution in [0.1, 0.15) is 86.5 Å². The Morgan fingerprint density at radius 1 is 0.750 bits per heavy atom. The molecule has 2 nitrogen and oxygen atoms in total. The lowest BCUT2D eigenvalue weighted by molar-refractivity contribution is -0.0225. The number of rotatable bonds is 5. The minimum absolute atomic E-state index is 0.412. The van der Waals surface area contributed by atoms with Gasteiger partial charge in [0.1, 0.15) is 0 Å². The number of hydrogen-bond donors (Lipinski definition) is 2. The van der Waals surface area contributed by atoms with Crippen LogP contribution in [-0.4, -0.2) is 12.1 Å². The Balaban J connectivity index is 2.21. The van der Waals surface area contributed by atoms with Crippen molar-refractivity contribution < 1.29 is 0 Å². The molecule has 0 aromatic heterocycles. The van der Waals surface area contributed by atoms with Crippen molar-refractivity contribution in [1.29, 1.82) is 0 Å². The minimum atomic E-state index is 0.412. The molecule has 0 aliphatic heterocycles. The van der Waals surface area contributed by atoms with Gasteiger partial charge in [-0.1, -0.05) is 60.8 Å². The van der Waals surface area contributed by atoms with Crippen molar-refractivity contribution in [3.8, 4) is 0 Å². The molecule has 8 unspecified atom stereocenters. The van der Waals surface area contributed by atoms with E-state index in [0.29, 0.717) is 29.3 Å². The topological polar surface area (TPSA) is 52.0 Å². The largest absolute Gasteiger partial charge is 0.327 e. The summed E-state index contributed by atoms with van der Waals surface area (Å²) in [5.74, 6) is 4.46. The van der Waals surface area contributed by atoms with Crippen LogP contribution >= 0.6 is 0 Å². The lowest BCUT2D eigenvalue weighted by Crippen LogP contribution is -2.51. The molecule has 2 fully saturated rings. The van der Waals surface area contributed by atoms with Gasteiger partial charge in [0.05, 0.1) is 0 Å². The maximum absolute atomic E-state index is 6.53. The third-order valence-electron chi connectivity index (χ3n) is 8.57. The van der Waals surface area contributed by atoms with Gasteiger partial charge >= 0.3 is 0 Å². The van der Waals surface area contributed by atoms with Crippen LogP contribution in [0.5, 0.6) is 0 Å². The Hall–Kier alpha value is -0.0800. The van der Waals surface area contributed by atoms with Crippen LogP contribution < -0.4 is 11.5 Å². The van der Waals surface area contributed by atoms with Crippen LogP contribution in [0.2, 0.25) is 0 Å². The quantitative estimate of drug-likeness (QED) is 0.725. The van der Waals surface area contributed by atoms with Crippen LogP contribution in [0.15, 0.2) is 0 Å². The Kier molecular flexibility index (Phi) is 6.81. The van der Waals surface area contributed by atoms with Crippen LogP contribution in [0.4, 0.5) is 0 Å². The highest BCUT2D eigenvalue weighted by atomic mass is 14.7. The van der Waals surface area contributed by atoms with E-state index < -0.39 is 0 Å². The summed E-state index contributed by atoms with van der Waals surface area (Å²) in [5, 5.41) is 0. The molecule has 0 aromatic carbocycles. The van der Waals surface area contributed by atoms with Crippen LogP contribution in [0.3, 0.4) is 0 Å². The van der Waals surface area contributed by atoms with Gasteiger partial charge < -0.3 is 11.5 Å². The van der Waals surface area contributed by atoms with E-state index in [1.165, 1.54) is 44.9 Å². The molecule has 2 rings (SSSR count). The molecule has 0 spiro atoms. The normalized spacial score (nSPS) is 46.5. The Morgan fingerprint density at radius 2 is 1.12 bits per heavy atom. The van der Waals surface area contributed by atoms with E-state index in [4.69, 9.17) is 11.5 Å². The SMILES string of the molecule is CCC1CC(C(C)(CC)C2CC(C)C(N)C(CC)C2)CC(C)C1N. The van der Waals surface area contributed by atoms with E-state index in [0.717, 1.165) is 23.7 Å². The zero-order valence-electron chi connectivity index (χ0n) is 17.2. The molecule has 2 aliphatic carbocycles. The molecule has 2 saturated carbocycles. The van der Waals surface area contributed by atoms with Crippen LogP contribution in [0.25, 0.3) is 0 Å². The van der Waals surface area contributed by atoms with Crippen molar-refractivity contribution in [3.05, 3.63) is 0 Å². The molecule has 0 amide bonds. The highest BCUT2D eigenvalue weighted by Gasteiger charge is 2.47. The summed E-state index contributed by atoms with van der Waals surface area (Å²) in [6.07, 6.45) is 9.14. The fourth-order valence-corrected chi connectivity index (χ4v) is 6.24. The lowest BCUT2D eigenvalue weighted by atomic mass is 9.53. The molecular weight excluding hydrogens is 292 g/mol. The predicted molar refractivity (Wildman–Crippen MR) is 106 cm³/mol. The van der Waals surface area contributed by atoms with E-state index in [2.05, 4.69) is 41.5 Å². The summed E-state index contributed by atoms with van der Waals surface area (Å²) in [7, 11) is 0. The van der Waals surface area contributed by atoms with Gasteiger partial charge in [0, 0.05) is 12.1 Å². The second-order valence-corrected chi connectivity index (χ2v) is 9.64. The fourth-order valence-electron chi connectivity index (χ4n) is 6.24. The molecule has 4 N–H and O–H groups in total. The van der Waals surface area contributed by atoms with Crippen molar-refractivity contribution >= 4 is 0 Å². The Bertz CT molecular complexity index is 361. The summed E-state index contributed by atoms with van der Waals surface area (Å²) in [6.45, 7) is 14.5. The van der Waals surface area contributed by atoms with E-state index >= 15 is 0 Å². The second kappa shape index (κ2) is 8.08. The summed E-state index contributed by atoms with van der Waals surface area (Å²) in [4.78, 5) is 0. The maximum atomic E-state index is 6.53. The van der Waals surface area contributed by atoms with E-state index in [-0.39, 0.29) is 0 Å². The van der Waals surface area contributed by atoms with Crippen LogP contribution in [-0.2, 0) is 0 Å². The zero-order valence-corrected chi connectivity index (χ0v) is 17.2. The van der Waals surface area contributed by atoms with Gasteiger partial charge in [-0.05, 0) is 66.6 Å². The smallest absolute Gasteiger partial charge is 0.00931 e. The van der Waals surface area contributed by atoms with Gasteiger partial charge in [-0.15, -0.1) is 0 Å². The van der Waals surface area contributed by atoms with Crippen molar-refractivity contribution in [2.45, 2.75) is 98.6 Å². The lowest BCUT2D eigenvalue weighted by Gasteiger charge is -2.53. The van der Waals surface area contributed by atoms with Gasteiger partial charge in [-0.2, -0.15) is 0 Å². The molecular formula is C22H44N2. The number of nitrogens with two attached hydrogens (primary N) is 2. The second-order valence-electron chi connectivity index (χ2n) is 9.64. The van der Waals surface area contributed by atoms with Gasteiger partial charge in [0.15, 0.2) is 0 Å². The molecule has 24 heavy (non-hydrogen) atoms. The van der Waals surface area contributed by atoms with Crippen molar-refractivity contribution in [1.82, 2.24) is 0 Å². The van der Waals surface area contributed by atoms with E-state index in [1.54, 1.807) is 0 Å². The van der Waals surface area contributed by atoms with Crippen LogP contribution in [0, 0.1) is 40.9 Å². The monoisotopic (exact) mass is 336 g/mol. The molecule has 2 aliphatic rings. The first-order valence-corrected chi connectivity index (χ1v) is 10.8. The van der Waals surface area contributed by atoms with Crippen molar-refractivity contribution in [2.24, 2.45) is 52.4 Å². The van der Waals surface area contributed by atoms with Gasteiger partial charge in [0.25, 0.3) is 0 Å². The molecule has 0 heterocycles. The van der Waals surface area contributed by atoms with E-state index in [1.807, 2.05) is 0 Å². The first kappa shape index (κ1) is 20.2. The summed E-state index contributed by atoms with van der Waals surface area (Å²) in [5.41, 5.74) is 13.5. The summed E-state index contributed by atoms with van der Waals surface area (Å²) >= 11 is 0. The molecule has 8 atom stereocenters. The van der Waals surface area contributed by atoms with Crippen molar-refractivity contribution in [3.63, 3.8) is 0 Å². The average molecular weight is 337 g/mol. The maximum Gasteiger partial charge on any atom is 0.00931 e. The van der Waals surface area contributed by atoms with Gasteiger partial charge in [-0.3, -0.25) is 0 Å². The van der Waals surface area contributed by atoms with Gasteiger partial charge in [-0.25, -0.2) is 0 Å². The predicted octanol–water partition coefficient (Wildman–Crippen LogP) is 5.20. The average Bonchev–Trinajstić information content (AvgIpc) is 2.58. The molecule has 0 aromatic rings. The minimum Gasteiger partial charge on any atom is -0.327 e. The third kappa shape index (κ3) is 3.70. The Morgan fingerprint density at radius 3 is 1.42 bits per heavy atom. The van der Waals surface area contributed by atoms with E-state index in [9.17, 15) is 0 Å². The molecule has 2 heteroatoms. The molecule has 0 bridgehead atoms. The third-order valence-corrected chi connectivity index (χ3v) is 8.57. The fraction of sp³-hybridized carbons (Fsp3) is 1.00. The first-order valence-electron chi connectivity index (χ1n) is 10.8. The van der Waals surface area contributed by atoms with Gasteiger partial charge in [0.2, 0.25) is 0 Å². The molecule has 0 saturated heterocycles. The number of hydrogen-bond acceptors (Lipinski definition) is 2. The molecule has 0 radical (unpaired) electrons. The van der Waals surface area contributed by atoms with Crippen molar-refractivity contribution in [2.75, 3.05) is 0 Å². The zero-order chi connectivity index (χ0) is 18.1. The summed E-state index contributed by atoms with van der Waals surface area (Å²) in [6, 6.07) is 0.823. The highest BCUT2D eigenvalue weighted by Crippen LogP contribution is 2.54.